The zero-order valence-corrected chi connectivity index (χ0v) is 24.5. The summed E-state index contributed by atoms with van der Waals surface area (Å²) in [5, 5.41) is 2.63. The number of nitrogens with one attached hydrogen (secondary N) is 2. The number of hydrogen-bond donors (Lipinski definition) is 3. The summed E-state index contributed by atoms with van der Waals surface area (Å²) in [4.78, 5) is 17.2. The van der Waals surface area contributed by atoms with Crippen LogP contribution in [0.5, 0.6) is 5.75 Å². The highest BCUT2D eigenvalue weighted by Crippen LogP contribution is 2.23. The molecule has 1 fully saturated rings. The minimum atomic E-state index is -2.03. The highest BCUT2D eigenvalue weighted by Gasteiger charge is 2.28. The number of amides is 2. The van der Waals surface area contributed by atoms with Crippen LogP contribution in [0, 0.1) is 11.6 Å². The normalized spacial score (nSPS) is 14.9. The lowest BCUT2D eigenvalue weighted by Gasteiger charge is -2.38. The molecule has 0 aromatic heterocycles. The predicted octanol–water partition coefficient (Wildman–Crippen LogP) is 6.07. The highest BCUT2D eigenvalue weighted by molar-refractivity contribution is 7.77. The molecule has 1 aliphatic heterocycles. The lowest BCUT2D eigenvalue weighted by molar-refractivity contribution is 0.122. The topological polar surface area (TPSA) is 94.1 Å². The Morgan fingerprint density at radius 3 is 2.33 bits per heavy atom. The van der Waals surface area contributed by atoms with Crippen molar-refractivity contribution in [1.29, 1.82) is 0 Å². The molecule has 1 atom stereocenters. The maximum atomic E-state index is 14.1. The van der Waals surface area contributed by atoms with Crippen molar-refractivity contribution in [3.8, 4) is 5.75 Å². The van der Waals surface area contributed by atoms with Gasteiger partial charge in [-0.1, -0.05) is 49.7 Å². The Morgan fingerprint density at radius 1 is 1.02 bits per heavy atom. The van der Waals surface area contributed by atoms with E-state index in [0.717, 1.165) is 74.3 Å². The molecule has 0 radical (unpaired) electrons. The first-order chi connectivity index (χ1) is 20.3. The number of benzene rings is 3. The van der Waals surface area contributed by atoms with Gasteiger partial charge in [0, 0.05) is 44.8 Å². The molecule has 11 heteroatoms. The molecule has 4 rings (SSSR count). The lowest BCUT2D eigenvalue weighted by atomic mass is 10.0. The molecule has 3 N–H and O–H groups in total. The van der Waals surface area contributed by atoms with Crippen molar-refractivity contribution in [3.63, 3.8) is 0 Å². The summed E-state index contributed by atoms with van der Waals surface area (Å²) in [6.45, 7) is 5.86. The Hall–Kier alpha value is -3.38. The zero-order chi connectivity index (χ0) is 29.9. The fourth-order valence-electron chi connectivity index (χ4n) is 4.96. The number of piperidine rings is 1. The van der Waals surface area contributed by atoms with Crippen molar-refractivity contribution in [2.75, 3.05) is 25.0 Å². The van der Waals surface area contributed by atoms with E-state index in [1.165, 1.54) is 11.6 Å². The van der Waals surface area contributed by atoms with E-state index in [4.69, 9.17) is 9.29 Å². The smallest absolute Gasteiger partial charge is 0.322 e. The third-order valence-electron chi connectivity index (χ3n) is 7.34. The summed E-state index contributed by atoms with van der Waals surface area (Å²) in [5.41, 5.74) is 3.07. The van der Waals surface area contributed by atoms with Crippen LogP contribution < -0.4 is 14.8 Å². The lowest BCUT2D eigenvalue weighted by Crippen LogP contribution is -2.49. The average Bonchev–Trinajstić information content (AvgIpc) is 2.98. The minimum absolute atomic E-state index is 0.0165. The van der Waals surface area contributed by atoms with Crippen LogP contribution in [-0.4, -0.2) is 50.3 Å². The molecule has 42 heavy (non-hydrogen) atoms. The van der Waals surface area contributed by atoms with Crippen molar-refractivity contribution in [2.45, 2.75) is 58.3 Å². The molecular weight excluding hydrogens is 562 g/mol. The first kappa shape index (κ1) is 31.6. The van der Waals surface area contributed by atoms with E-state index in [9.17, 15) is 17.8 Å². The van der Waals surface area contributed by atoms with Gasteiger partial charge in [-0.05, 0) is 60.2 Å². The van der Waals surface area contributed by atoms with Gasteiger partial charge in [-0.15, -0.1) is 0 Å². The Bertz CT molecular complexity index is 1320. The summed E-state index contributed by atoms with van der Waals surface area (Å²) in [7, 11) is 0. The van der Waals surface area contributed by atoms with Gasteiger partial charge in [-0.25, -0.2) is 22.5 Å². The number of ether oxygens (including phenoxy) is 1. The molecule has 1 saturated heterocycles. The molecule has 1 aliphatic rings. The van der Waals surface area contributed by atoms with Gasteiger partial charge >= 0.3 is 6.03 Å². The molecule has 226 valence electrons. The van der Waals surface area contributed by atoms with Gasteiger partial charge in [-0.2, -0.15) is 0 Å². The number of hydrogen-bond acceptors (Lipinski definition) is 4. The minimum Gasteiger partial charge on any atom is -0.489 e. The SMILES string of the molecule is CCCCN(C(=O)Nc1ccc(F)cc1F)C1CCN(Cc2ccc(OCc3ccc(CNS(=O)O)cc3)cc2)CC1. The van der Waals surface area contributed by atoms with Crippen molar-refractivity contribution in [1.82, 2.24) is 14.5 Å². The van der Waals surface area contributed by atoms with Gasteiger partial charge in [-0.3, -0.25) is 9.45 Å². The van der Waals surface area contributed by atoms with Gasteiger partial charge in [0.25, 0.3) is 0 Å². The maximum absolute atomic E-state index is 14.1. The molecule has 1 heterocycles. The van der Waals surface area contributed by atoms with E-state index >= 15 is 0 Å². The molecule has 0 aliphatic carbocycles. The Morgan fingerprint density at radius 2 is 1.69 bits per heavy atom. The number of rotatable bonds is 13. The zero-order valence-electron chi connectivity index (χ0n) is 23.7. The quantitative estimate of drug-likeness (QED) is 0.207. The van der Waals surface area contributed by atoms with E-state index in [1.807, 2.05) is 36.4 Å². The van der Waals surface area contributed by atoms with E-state index in [0.29, 0.717) is 19.7 Å². The summed E-state index contributed by atoms with van der Waals surface area (Å²) in [6, 6.07) is 18.6. The molecule has 0 bridgehead atoms. The van der Waals surface area contributed by atoms with Gasteiger partial charge in [0.1, 0.15) is 24.0 Å². The molecule has 1 unspecified atom stereocenters. The summed E-state index contributed by atoms with van der Waals surface area (Å²) < 4.78 is 55.3. The number of anilines is 1. The van der Waals surface area contributed by atoms with E-state index in [2.05, 4.69) is 34.0 Å². The number of unbranched alkanes of at least 4 members (excludes halogenated alkanes) is 1. The van der Waals surface area contributed by atoms with E-state index in [1.54, 1.807) is 4.90 Å². The maximum Gasteiger partial charge on any atom is 0.322 e. The number of urea groups is 1. The molecular formula is C31H38F2N4O4S. The van der Waals surface area contributed by atoms with Crippen LogP contribution in [-0.2, 0) is 31.0 Å². The van der Waals surface area contributed by atoms with Gasteiger partial charge in [0.2, 0.25) is 11.3 Å². The number of carbonyl (C=O) groups excluding carboxylic acids is 1. The largest absolute Gasteiger partial charge is 0.489 e. The predicted molar refractivity (Wildman–Crippen MR) is 160 cm³/mol. The summed E-state index contributed by atoms with van der Waals surface area (Å²) in [5.74, 6) is -0.693. The molecule has 3 aromatic rings. The van der Waals surface area contributed by atoms with Crippen LogP contribution in [0.15, 0.2) is 66.7 Å². The van der Waals surface area contributed by atoms with Gasteiger partial charge in [0.05, 0.1) is 5.69 Å². The fraction of sp³-hybridized carbons (Fsp3) is 0.387. The molecule has 0 saturated carbocycles. The third kappa shape index (κ3) is 9.59. The summed E-state index contributed by atoms with van der Waals surface area (Å²) >= 11 is -2.03. The molecule has 8 nitrogen and oxygen atoms in total. The van der Waals surface area contributed by atoms with Crippen molar-refractivity contribution in [3.05, 3.63) is 95.1 Å². The van der Waals surface area contributed by atoms with Crippen molar-refractivity contribution >= 4 is 23.0 Å². The van der Waals surface area contributed by atoms with E-state index < -0.39 is 22.9 Å². The van der Waals surface area contributed by atoms with Crippen LogP contribution in [0.3, 0.4) is 0 Å². The number of nitrogens with zero attached hydrogens (tertiary/aromatic N) is 2. The Kier molecular flexibility index (Phi) is 11.8. The molecule has 3 aromatic carbocycles. The number of likely N-dealkylation sites (tertiary alicyclic amines) is 1. The van der Waals surface area contributed by atoms with Crippen LogP contribution in [0.1, 0.15) is 49.3 Å². The Balaban J connectivity index is 1.24. The average molecular weight is 601 g/mol. The molecule has 2 amide bonds. The number of halogens is 2. The van der Waals surface area contributed by atoms with E-state index in [-0.39, 0.29) is 17.8 Å². The van der Waals surface area contributed by atoms with Gasteiger partial charge in [0.15, 0.2) is 0 Å². The van der Waals surface area contributed by atoms with Crippen molar-refractivity contribution < 1.29 is 27.1 Å². The second kappa shape index (κ2) is 15.7. The Labute approximate surface area is 248 Å². The van der Waals surface area contributed by atoms with Crippen LogP contribution in [0.4, 0.5) is 19.3 Å². The fourth-order valence-corrected chi connectivity index (χ4v) is 5.25. The third-order valence-corrected chi connectivity index (χ3v) is 7.73. The number of carbonyl (C=O) groups is 1. The van der Waals surface area contributed by atoms with Crippen LogP contribution in [0.2, 0.25) is 0 Å². The van der Waals surface area contributed by atoms with Crippen LogP contribution in [0.25, 0.3) is 0 Å². The van der Waals surface area contributed by atoms with Gasteiger partial charge < -0.3 is 15.0 Å². The first-order valence-electron chi connectivity index (χ1n) is 14.2. The summed E-state index contributed by atoms with van der Waals surface area (Å²) in [6.07, 6.45) is 3.42. The van der Waals surface area contributed by atoms with Crippen molar-refractivity contribution in [2.24, 2.45) is 0 Å². The molecule has 0 spiro atoms. The van der Waals surface area contributed by atoms with Crippen LogP contribution >= 0.6 is 0 Å². The second-order valence-corrected chi connectivity index (χ2v) is 11.2. The monoisotopic (exact) mass is 600 g/mol. The first-order valence-corrected chi connectivity index (χ1v) is 15.3. The second-order valence-electron chi connectivity index (χ2n) is 10.4. The highest BCUT2D eigenvalue weighted by atomic mass is 32.2. The standard InChI is InChI=1S/C31H38F2N4O4S/c1-2-3-16-37(31(38)35-30-13-10-26(32)19-29(30)33)27-14-17-36(18-15-27)21-24-8-11-28(12-9-24)41-22-25-6-4-23(5-7-25)20-34-42(39)40/h4-13,19,27,34H,2-3,14-18,20-22H2,1H3,(H,35,38)(H,39,40).